The number of carbonyl (C=O) groups is 1. The SMILES string of the molecule is C=C1C2C[C@@H]3O[C@H]4C[C@H]5O[C@@]6(C[C@@H]7O[C@]8(C[C@H](C)[C@@H]9O[C@@H]%10C[C@@H]([C@@H](O)CO)O[C@@H]%10C[C@@H]9O8)C[C@H](C)[C@@H]7O6)C[C@H]5O[C@H]4[C@H](C)[C@H]3OC(=O)C[C@H]3CC[C@@H]4OC5C6OC7(O)C[C@](CC[C@H]8CC(=C)[C@H](CC[C@@H](C[C@H]1C)O2)O8)(O[C@H]6[C@H]4O3)O[C@@H]57. The van der Waals surface area contributed by atoms with Crippen LogP contribution in [0.4, 0.5) is 0 Å². The van der Waals surface area contributed by atoms with Gasteiger partial charge in [0, 0.05) is 63.7 Å². The van der Waals surface area contributed by atoms with E-state index in [2.05, 4.69) is 40.9 Å². The minimum atomic E-state index is -1.54. The summed E-state index contributed by atoms with van der Waals surface area (Å²) in [5, 5.41) is 31.9. The van der Waals surface area contributed by atoms with Gasteiger partial charge in [-0.1, -0.05) is 40.9 Å². The van der Waals surface area contributed by atoms with E-state index in [0.29, 0.717) is 77.0 Å². The minimum absolute atomic E-state index is 0.0214. The maximum atomic E-state index is 14.6. The number of fused-ring (bicyclic) bond motifs is 11. The number of aliphatic hydroxyl groups is 3. The fourth-order valence-electron chi connectivity index (χ4n) is 18.9. The van der Waals surface area contributed by atoms with Crippen LogP contribution >= 0.6 is 0 Å². The molecule has 20 heteroatoms. The molecule has 450 valence electrons. The number of esters is 1. The van der Waals surface area contributed by atoms with Crippen molar-refractivity contribution in [1.82, 2.24) is 0 Å². The number of carbonyl (C=O) groups excluding carboxylic acids is 1. The van der Waals surface area contributed by atoms with E-state index in [1.54, 1.807) is 0 Å². The molecule has 33 atom stereocenters. The van der Waals surface area contributed by atoms with Crippen molar-refractivity contribution >= 4 is 5.97 Å². The van der Waals surface area contributed by atoms with Crippen LogP contribution in [-0.4, -0.2) is 204 Å². The Balaban J connectivity index is 0.630. The topological polar surface area (TPSA) is 225 Å². The highest BCUT2D eigenvalue weighted by Gasteiger charge is 2.75. The molecule has 17 aliphatic heterocycles. The molecule has 3 spiro atoms. The third kappa shape index (κ3) is 9.12. The average Bonchev–Trinajstić information content (AvgIpc) is 4.14. The van der Waals surface area contributed by atoms with E-state index in [4.69, 9.17) is 75.8 Å². The largest absolute Gasteiger partial charge is 0.459 e. The monoisotopic (exact) mass is 1140 g/mol. The molecule has 0 aromatic heterocycles. The van der Waals surface area contributed by atoms with E-state index in [0.717, 1.165) is 36.8 Å². The van der Waals surface area contributed by atoms with Gasteiger partial charge in [-0.2, -0.15) is 0 Å². The van der Waals surface area contributed by atoms with Gasteiger partial charge in [0.25, 0.3) is 0 Å². The Morgan fingerprint density at radius 2 is 1.20 bits per heavy atom. The summed E-state index contributed by atoms with van der Waals surface area (Å²) in [5.74, 6) is -4.57. The van der Waals surface area contributed by atoms with Crippen LogP contribution in [0.5, 0.6) is 0 Å². The third-order valence-electron chi connectivity index (χ3n) is 22.7. The van der Waals surface area contributed by atoms with Crippen molar-refractivity contribution in [3.63, 3.8) is 0 Å². The molecule has 0 saturated carbocycles. The van der Waals surface area contributed by atoms with Crippen LogP contribution < -0.4 is 0 Å². The van der Waals surface area contributed by atoms with Crippen molar-refractivity contribution in [2.45, 2.75) is 319 Å². The zero-order chi connectivity index (χ0) is 55.2. The summed E-state index contributed by atoms with van der Waals surface area (Å²) in [7, 11) is 0. The Morgan fingerprint density at radius 1 is 0.519 bits per heavy atom. The predicted molar refractivity (Wildman–Crippen MR) is 278 cm³/mol. The zero-order valence-electron chi connectivity index (χ0n) is 47.4. The second kappa shape index (κ2) is 19.9. The molecule has 20 nitrogen and oxygen atoms in total. The lowest BCUT2D eigenvalue weighted by molar-refractivity contribution is -0.369. The quantitative estimate of drug-likeness (QED) is 0.253. The molecule has 17 fully saturated rings. The number of rotatable bonds is 2. The number of hydrogen-bond donors (Lipinski definition) is 3. The molecular formula is C61H86O20. The van der Waals surface area contributed by atoms with Gasteiger partial charge in [-0.25, -0.2) is 0 Å². The highest BCUT2D eigenvalue weighted by atomic mass is 16.8. The molecule has 17 rings (SSSR count). The van der Waals surface area contributed by atoms with E-state index in [1.165, 1.54) is 0 Å². The second-order valence-electron chi connectivity index (χ2n) is 28.3. The van der Waals surface area contributed by atoms with Gasteiger partial charge in [-0.3, -0.25) is 4.79 Å². The van der Waals surface area contributed by atoms with Gasteiger partial charge < -0.3 is 91.1 Å². The number of ether oxygens (including phenoxy) is 16. The summed E-state index contributed by atoms with van der Waals surface area (Å²) < 4.78 is 110. The van der Waals surface area contributed by atoms with E-state index in [-0.39, 0.29) is 135 Å². The van der Waals surface area contributed by atoms with Crippen LogP contribution in [0.25, 0.3) is 0 Å². The maximum absolute atomic E-state index is 14.6. The van der Waals surface area contributed by atoms with Crippen molar-refractivity contribution < 1.29 is 95.9 Å². The number of hydrogen-bond acceptors (Lipinski definition) is 20. The van der Waals surface area contributed by atoms with Crippen molar-refractivity contribution in [2.75, 3.05) is 6.61 Å². The Labute approximate surface area is 474 Å². The first-order valence-corrected chi connectivity index (χ1v) is 31.5. The molecule has 17 aliphatic rings. The zero-order valence-corrected chi connectivity index (χ0v) is 47.4. The van der Waals surface area contributed by atoms with E-state index in [9.17, 15) is 20.1 Å². The summed E-state index contributed by atoms with van der Waals surface area (Å²) in [5.41, 5.74) is 2.09. The van der Waals surface area contributed by atoms with Gasteiger partial charge in [0.15, 0.2) is 17.4 Å². The lowest BCUT2D eigenvalue weighted by Gasteiger charge is -2.54. The van der Waals surface area contributed by atoms with Crippen molar-refractivity contribution in [2.24, 2.45) is 23.7 Å². The van der Waals surface area contributed by atoms with Crippen molar-refractivity contribution in [3.05, 3.63) is 24.3 Å². The molecule has 0 aromatic carbocycles. The van der Waals surface area contributed by atoms with Crippen LogP contribution in [0, 0.1) is 23.7 Å². The molecule has 0 radical (unpaired) electrons. The molecule has 81 heavy (non-hydrogen) atoms. The smallest absolute Gasteiger partial charge is 0.308 e. The van der Waals surface area contributed by atoms with E-state index < -0.39 is 90.3 Å². The van der Waals surface area contributed by atoms with E-state index >= 15 is 0 Å². The summed E-state index contributed by atoms with van der Waals surface area (Å²) in [6.07, 6.45) is 0.905. The maximum Gasteiger partial charge on any atom is 0.308 e. The Kier molecular flexibility index (Phi) is 13.4. The first-order chi connectivity index (χ1) is 38.9. The fraction of sp³-hybridized carbons (Fsp3) is 0.918. The molecule has 4 unspecified atom stereocenters. The van der Waals surface area contributed by atoms with Crippen molar-refractivity contribution in [1.29, 1.82) is 0 Å². The second-order valence-corrected chi connectivity index (χ2v) is 28.3. The van der Waals surface area contributed by atoms with Gasteiger partial charge >= 0.3 is 5.97 Å². The Morgan fingerprint density at radius 3 is 2.05 bits per heavy atom. The van der Waals surface area contributed by atoms with Gasteiger partial charge in [-0.15, -0.1) is 0 Å². The Hall–Kier alpha value is -1.77. The molecule has 12 bridgehead atoms. The normalized spacial score (nSPS) is 59.3. The summed E-state index contributed by atoms with van der Waals surface area (Å²) in [6.45, 7) is 17.5. The molecule has 0 amide bonds. The fourth-order valence-corrected chi connectivity index (χ4v) is 18.9. The van der Waals surface area contributed by atoms with Gasteiger partial charge in [0.05, 0.1) is 129 Å². The highest BCUT2D eigenvalue weighted by Crippen LogP contribution is 2.60. The van der Waals surface area contributed by atoms with Crippen LogP contribution in [0.15, 0.2) is 24.3 Å². The molecule has 17 saturated heterocycles. The van der Waals surface area contributed by atoms with Crippen LogP contribution in [0.1, 0.15) is 143 Å². The highest BCUT2D eigenvalue weighted by molar-refractivity contribution is 5.70. The van der Waals surface area contributed by atoms with Gasteiger partial charge in [-0.05, 0) is 73.8 Å². The van der Waals surface area contributed by atoms with Crippen LogP contribution in [0.3, 0.4) is 0 Å². The summed E-state index contributed by atoms with van der Waals surface area (Å²) in [6, 6.07) is 0. The van der Waals surface area contributed by atoms with Gasteiger partial charge in [0.2, 0.25) is 5.79 Å². The first kappa shape index (κ1) is 54.6. The predicted octanol–water partition coefficient (Wildman–Crippen LogP) is 4.65. The molecule has 17 heterocycles. The van der Waals surface area contributed by atoms with Gasteiger partial charge in [0.1, 0.15) is 42.7 Å². The lowest BCUT2D eigenvalue weighted by Crippen LogP contribution is -2.62. The summed E-state index contributed by atoms with van der Waals surface area (Å²) in [4.78, 5) is 14.6. The summed E-state index contributed by atoms with van der Waals surface area (Å²) >= 11 is 0. The molecular weight excluding hydrogens is 1050 g/mol. The van der Waals surface area contributed by atoms with Crippen LogP contribution in [0.2, 0.25) is 0 Å². The molecule has 0 aromatic rings. The minimum Gasteiger partial charge on any atom is -0.459 e. The van der Waals surface area contributed by atoms with E-state index in [1.807, 2.05) is 0 Å². The lowest BCUT2D eigenvalue weighted by atomic mass is 9.78. The molecule has 3 N–H and O–H groups in total. The third-order valence-corrected chi connectivity index (χ3v) is 22.7. The first-order valence-electron chi connectivity index (χ1n) is 31.5. The average molecular weight is 1140 g/mol. The number of aliphatic hydroxyl groups excluding tert-OH is 2. The Bertz CT molecular complexity index is 2470. The van der Waals surface area contributed by atoms with Crippen molar-refractivity contribution in [3.8, 4) is 0 Å². The van der Waals surface area contributed by atoms with Crippen LogP contribution in [-0.2, 0) is 80.6 Å². The standard InChI is InChI=1S/C61H86O20/c1-26-13-32-7-9-36-27(2)14-34(66-36)11-12-58-25-61(65)57(81-58)56-55(80-61)54(79-58)53-37(71-56)10-8-33(68-53)15-48(64)74-52-31(6)51-44(70-43(52)16-38(67-32)30(26)5)19-42-46(73-51)22-60(75-42)23-47-50(78-60)29(4)21-59(77-47)20-28(3)49-45(76-59)18-40-41(72-49)17-39(69-40)35(63)24-62/h26,28-29,31-47,49-57,62-63,65H,2,5,7-25H2,1,3-4,6H3/t26-,28+,29+,31+,32+,33-,34+,35+,36+,37+,38?,39+,40-,41-,42-,43+,44+,45+,46-,47+,49+,50+,51+,52-,53+,54+,55?,56?,57+,58-,59-,60+,61?/m1/s1. The molecule has 0 aliphatic carbocycles.